The Hall–Kier alpha value is -1.91. The first-order chi connectivity index (χ1) is 10.6. The standard InChI is InChI=1S/C17H20FNO3/c18-13-5-1-10(2-6-13)7-8-19-16(20)14-11-3-4-12(9-11)15(14)17(21)22/h1-2,5-6,11-12,14-15H,3-4,7-9H2,(H,19,20)(H,21,22)/t11-,12+,14-,15+/m0/s1. The molecular formula is C17H20FNO3. The van der Waals surface area contributed by atoms with Crippen molar-refractivity contribution in [2.45, 2.75) is 25.7 Å². The maximum atomic E-state index is 12.8. The van der Waals surface area contributed by atoms with E-state index in [0.29, 0.717) is 13.0 Å². The van der Waals surface area contributed by atoms with Gasteiger partial charge < -0.3 is 10.4 Å². The van der Waals surface area contributed by atoms with Gasteiger partial charge in [0.15, 0.2) is 0 Å². The fourth-order valence-corrected chi connectivity index (χ4v) is 4.12. The van der Waals surface area contributed by atoms with Gasteiger partial charge in [-0.15, -0.1) is 0 Å². The van der Waals surface area contributed by atoms with E-state index in [2.05, 4.69) is 5.32 Å². The lowest BCUT2D eigenvalue weighted by atomic mass is 9.78. The fourth-order valence-electron chi connectivity index (χ4n) is 4.12. The van der Waals surface area contributed by atoms with Crippen LogP contribution in [0.15, 0.2) is 24.3 Å². The number of carbonyl (C=O) groups excluding carboxylic acids is 1. The van der Waals surface area contributed by atoms with Crippen LogP contribution in [0.2, 0.25) is 0 Å². The number of nitrogens with one attached hydrogen (secondary N) is 1. The van der Waals surface area contributed by atoms with Crippen molar-refractivity contribution in [3.63, 3.8) is 0 Å². The van der Waals surface area contributed by atoms with E-state index in [1.54, 1.807) is 12.1 Å². The number of hydrogen-bond donors (Lipinski definition) is 2. The molecule has 0 unspecified atom stereocenters. The number of rotatable bonds is 5. The summed E-state index contributed by atoms with van der Waals surface area (Å²) < 4.78 is 12.8. The molecule has 0 aliphatic heterocycles. The average molecular weight is 305 g/mol. The molecule has 0 aromatic heterocycles. The van der Waals surface area contributed by atoms with Crippen molar-refractivity contribution in [3.8, 4) is 0 Å². The Kier molecular flexibility index (Phi) is 4.14. The van der Waals surface area contributed by atoms with E-state index >= 15 is 0 Å². The molecule has 2 saturated carbocycles. The van der Waals surface area contributed by atoms with Crippen LogP contribution < -0.4 is 5.32 Å². The molecule has 2 aliphatic rings. The Morgan fingerprint density at radius 3 is 2.41 bits per heavy atom. The third-order valence-corrected chi connectivity index (χ3v) is 5.13. The predicted octanol–water partition coefficient (Wildman–Crippen LogP) is 2.23. The van der Waals surface area contributed by atoms with Gasteiger partial charge in [0.05, 0.1) is 11.8 Å². The number of hydrogen-bond acceptors (Lipinski definition) is 2. The van der Waals surface area contributed by atoms with Crippen LogP contribution in [0.3, 0.4) is 0 Å². The van der Waals surface area contributed by atoms with Crippen LogP contribution in [0.4, 0.5) is 4.39 Å². The lowest BCUT2D eigenvalue weighted by Gasteiger charge is -2.27. The van der Waals surface area contributed by atoms with Gasteiger partial charge in [0, 0.05) is 6.54 Å². The van der Waals surface area contributed by atoms with Gasteiger partial charge in [-0.05, 0) is 55.2 Å². The molecule has 0 saturated heterocycles. The van der Waals surface area contributed by atoms with E-state index in [4.69, 9.17) is 0 Å². The minimum atomic E-state index is -0.842. The van der Waals surface area contributed by atoms with Crippen LogP contribution in [0, 0.1) is 29.5 Å². The number of fused-ring (bicyclic) bond motifs is 2. The molecule has 5 heteroatoms. The van der Waals surface area contributed by atoms with Crippen LogP contribution >= 0.6 is 0 Å². The van der Waals surface area contributed by atoms with Crippen molar-refractivity contribution >= 4 is 11.9 Å². The van der Waals surface area contributed by atoms with E-state index in [1.807, 2.05) is 0 Å². The van der Waals surface area contributed by atoms with Gasteiger partial charge in [0.2, 0.25) is 5.91 Å². The Morgan fingerprint density at radius 2 is 1.77 bits per heavy atom. The molecule has 4 nitrogen and oxygen atoms in total. The Morgan fingerprint density at radius 1 is 1.14 bits per heavy atom. The normalized spacial score (nSPS) is 29.5. The molecule has 2 fully saturated rings. The van der Waals surface area contributed by atoms with E-state index in [9.17, 15) is 19.1 Å². The predicted molar refractivity (Wildman–Crippen MR) is 78.6 cm³/mol. The quantitative estimate of drug-likeness (QED) is 0.876. The van der Waals surface area contributed by atoms with Crippen LogP contribution in [-0.4, -0.2) is 23.5 Å². The first-order valence-corrected chi connectivity index (χ1v) is 7.81. The molecule has 1 aromatic carbocycles. The van der Waals surface area contributed by atoms with Crippen molar-refractivity contribution in [2.24, 2.45) is 23.7 Å². The van der Waals surface area contributed by atoms with E-state index < -0.39 is 11.9 Å². The van der Waals surface area contributed by atoms with Gasteiger partial charge in [-0.3, -0.25) is 9.59 Å². The molecule has 2 bridgehead atoms. The zero-order chi connectivity index (χ0) is 15.7. The van der Waals surface area contributed by atoms with Crippen molar-refractivity contribution in [1.29, 1.82) is 0 Å². The van der Waals surface area contributed by atoms with Crippen LogP contribution in [0.5, 0.6) is 0 Å². The van der Waals surface area contributed by atoms with Gasteiger partial charge in [-0.25, -0.2) is 4.39 Å². The number of carboxylic acids is 1. The summed E-state index contributed by atoms with van der Waals surface area (Å²) in [5, 5.41) is 12.2. The van der Waals surface area contributed by atoms with Crippen LogP contribution in [0.1, 0.15) is 24.8 Å². The van der Waals surface area contributed by atoms with E-state index in [-0.39, 0.29) is 29.5 Å². The van der Waals surface area contributed by atoms with Crippen molar-refractivity contribution in [1.82, 2.24) is 5.32 Å². The lowest BCUT2D eigenvalue weighted by molar-refractivity contribution is -0.149. The molecule has 22 heavy (non-hydrogen) atoms. The Bertz CT molecular complexity index is 572. The second-order valence-corrected chi connectivity index (χ2v) is 6.39. The topological polar surface area (TPSA) is 66.4 Å². The molecule has 1 amide bonds. The zero-order valence-electron chi connectivity index (χ0n) is 12.3. The maximum absolute atomic E-state index is 12.8. The van der Waals surface area contributed by atoms with Crippen molar-refractivity contribution in [2.75, 3.05) is 6.54 Å². The molecule has 0 radical (unpaired) electrons. The Balaban J connectivity index is 1.55. The van der Waals surface area contributed by atoms with Crippen LogP contribution in [-0.2, 0) is 16.0 Å². The first kappa shape index (κ1) is 15.0. The molecule has 0 spiro atoms. The zero-order valence-corrected chi connectivity index (χ0v) is 12.3. The number of benzene rings is 1. The molecule has 2 N–H and O–H groups in total. The minimum absolute atomic E-state index is 0.137. The first-order valence-electron chi connectivity index (χ1n) is 7.81. The second kappa shape index (κ2) is 6.07. The van der Waals surface area contributed by atoms with E-state index in [1.165, 1.54) is 12.1 Å². The lowest BCUT2D eigenvalue weighted by Crippen LogP contribution is -2.41. The monoisotopic (exact) mass is 305 g/mol. The largest absolute Gasteiger partial charge is 0.481 e. The molecule has 3 rings (SSSR count). The number of carboxylic acid groups (broad SMARTS) is 1. The summed E-state index contributed by atoms with van der Waals surface area (Å²) in [5.41, 5.74) is 0.949. The van der Waals surface area contributed by atoms with Crippen LogP contribution in [0.25, 0.3) is 0 Å². The fraction of sp³-hybridized carbons (Fsp3) is 0.529. The summed E-state index contributed by atoms with van der Waals surface area (Å²) in [6.45, 7) is 0.449. The summed E-state index contributed by atoms with van der Waals surface area (Å²) in [6.07, 6.45) is 3.38. The van der Waals surface area contributed by atoms with Gasteiger partial charge in [0.25, 0.3) is 0 Å². The van der Waals surface area contributed by atoms with Crippen molar-refractivity contribution in [3.05, 3.63) is 35.6 Å². The SMILES string of the molecule is O=C(O)[C@@H]1[C@@H]2CC[C@@H](C2)[C@@H]1C(=O)NCCc1ccc(F)cc1. The number of amides is 1. The van der Waals surface area contributed by atoms with E-state index in [0.717, 1.165) is 24.8 Å². The summed E-state index contributed by atoms with van der Waals surface area (Å²) in [6, 6.07) is 6.18. The molecule has 0 heterocycles. The number of aliphatic carboxylic acids is 1. The highest BCUT2D eigenvalue weighted by atomic mass is 19.1. The smallest absolute Gasteiger partial charge is 0.307 e. The molecule has 118 valence electrons. The molecule has 4 atom stereocenters. The highest BCUT2D eigenvalue weighted by molar-refractivity contribution is 5.86. The highest BCUT2D eigenvalue weighted by Crippen LogP contribution is 2.52. The number of carbonyl (C=O) groups is 2. The molecular weight excluding hydrogens is 285 g/mol. The molecule has 1 aromatic rings. The van der Waals surface area contributed by atoms with Gasteiger partial charge in [-0.2, -0.15) is 0 Å². The third kappa shape index (κ3) is 2.85. The second-order valence-electron chi connectivity index (χ2n) is 6.39. The maximum Gasteiger partial charge on any atom is 0.307 e. The minimum Gasteiger partial charge on any atom is -0.481 e. The summed E-state index contributed by atoms with van der Waals surface area (Å²) in [5.74, 6) is -1.78. The Labute approximate surface area is 128 Å². The third-order valence-electron chi connectivity index (χ3n) is 5.13. The van der Waals surface area contributed by atoms with Gasteiger partial charge in [0.1, 0.15) is 5.82 Å². The van der Waals surface area contributed by atoms with Gasteiger partial charge in [-0.1, -0.05) is 12.1 Å². The van der Waals surface area contributed by atoms with Gasteiger partial charge >= 0.3 is 5.97 Å². The summed E-state index contributed by atoms with van der Waals surface area (Å²) in [4.78, 5) is 23.8. The van der Waals surface area contributed by atoms with Crippen molar-refractivity contribution < 1.29 is 19.1 Å². The summed E-state index contributed by atoms with van der Waals surface area (Å²) in [7, 11) is 0. The number of halogens is 1. The average Bonchev–Trinajstić information content (AvgIpc) is 3.09. The molecule has 2 aliphatic carbocycles. The highest BCUT2D eigenvalue weighted by Gasteiger charge is 2.53. The summed E-state index contributed by atoms with van der Waals surface area (Å²) >= 11 is 0.